The van der Waals surface area contributed by atoms with E-state index in [9.17, 15) is 4.79 Å². The summed E-state index contributed by atoms with van der Waals surface area (Å²) < 4.78 is 7.66. The molecule has 0 N–H and O–H groups in total. The highest BCUT2D eigenvalue weighted by atomic mass is 16.5. The van der Waals surface area contributed by atoms with Gasteiger partial charge in [0, 0.05) is 18.7 Å². The standard InChI is InChI=1S/C18H22N4O2/c1-12-19-13(2)22(20-12)14-6-5-9-21(10-14)18(23)16-11-24-17-8-4-3-7-15(16)17/h3-4,7-8,14,16H,5-6,9-11H2,1-2H3/t14-,16-/m1/s1. The number of likely N-dealkylation sites (tertiary alicyclic amines) is 1. The van der Waals surface area contributed by atoms with Crippen LogP contribution in [0.3, 0.4) is 0 Å². The van der Waals surface area contributed by atoms with E-state index in [0.717, 1.165) is 42.3 Å². The maximum Gasteiger partial charge on any atom is 0.233 e. The summed E-state index contributed by atoms with van der Waals surface area (Å²) in [6, 6.07) is 8.05. The molecule has 2 atom stereocenters. The van der Waals surface area contributed by atoms with E-state index in [-0.39, 0.29) is 17.9 Å². The molecule has 1 aromatic carbocycles. The Morgan fingerprint density at radius 3 is 2.92 bits per heavy atom. The molecule has 1 saturated heterocycles. The number of rotatable bonds is 2. The number of aryl methyl sites for hydroxylation is 2. The molecule has 1 fully saturated rings. The van der Waals surface area contributed by atoms with Crippen molar-refractivity contribution in [3.8, 4) is 5.75 Å². The lowest BCUT2D eigenvalue weighted by atomic mass is 9.97. The van der Waals surface area contributed by atoms with Crippen LogP contribution in [-0.4, -0.2) is 45.3 Å². The summed E-state index contributed by atoms with van der Waals surface area (Å²) in [7, 11) is 0. The number of para-hydroxylation sites is 1. The van der Waals surface area contributed by atoms with E-state index >= 15 is 0 Å². The zero-order valence-electron chi connectivity index (χ0n) is 14.1. The number of hydrogen-bond acceptors (Lipinski definition) is 4. The van der Waals surface area contributed by atoms with Crippen molar-refractivity contribution in [1.82, 2.24) is 19.7 Å². The highest BCUT2D eigenvalue weighted by molar-refractivity contribution is 5.85. The maximum absolute atomic E-state index is 13.0. The Balaban J connectivity index is 1.52. The van der Waals surface area contributed by atoms with Crippen LogP contribution in [-0.2, 0) is 4.79 Å². The second-order valence-electron chi connectivity index (χ2n) is 6.63. The summed E-state index contributed by atoms with van der Waals surface area (Å²) in [6.07, 6.45) is 2.02. The third kappa shape index (κ3) is 2.56. The average Bonchev–Trinajstić information content (AvgIpc) is 3.17. The SMILES string of the molecule is Cc1nc(C)n([C@@H]2CCCN(C(=O)[C@@H]3COc4ccccc43)C2)n1. The third-order valence-corrected chi connectivity index (χ3v) is 4.96. The minimum atomic E-state index is -0.182. The predicted molar refractivity (Wildman–Crippen MR) is 89.0 cm³/mol. The highest BCUT2D eigenvalue weighted by Crippen LogP contribution is 2.35. The normalized spacial score (nSPS) is 23.0. The first-order valence-corrected chi connectivity index (χ1v) is 8.54. The van der Waals surface area contributed by atoms with Crippen molar-refractivity contribution in [2.75, 3.05) is 19.7 Å². The third-order valence-electron chi connectivity index (χ3n) is 4.96. The van der Waals surface area contributed by atoms with Crippen molar-refractivity contribution in [3.63, 3.8) is 0 Å². The molecule has 2 aliphatic heterocycles. The van der Waals surface area contributed by atoms with Crippen LogP contribution in [0, 0.1) is 13.8 Å². The number of ether oxygens (including phenoxy) is 1. The molecular weight excluding hydrogens is 304 g/mol. The van der Waals surface area contributed by atoms with Crippen LogP contribution in [0.2, 0.25) is 0 Å². The van der Waals surface area contributed by atoms with Crippen LogP contribution >= 0.6 is 0 Å². The average molecular weight is 326 g/mol. The van der Waals surface area contributed by atoms with Crippen molar-refractivity contribution in [2.24, 2.45) is 0 Å². The van der Waals surface area contributed by atoms with Gasteiger partial charge in [-0.1, -0.05) is 18.2 Å². The molecule has 24 heavy (non-hydrogen) atoms. The minimum absolute atomic E-state index is 0.166. The molecule has 0 aliphatic carbocycles. The summed E-state index contributed by atoms with van der Waals surface area (Å²) >= 11 is 0. The van der Waals surface area contributed by atoms with Crippen LogP contribution in [0.15, 0.2) is 24.3 Å². The zero-order chi connectivity index (χ0) is 16.7. The Bertz CT molecular complexity index is 770. The fraction of sp³-hybridized carbons (Fsp3) is 0.500. The largest absolute Gasteiger partial charge is 0.492 e. The van der Waals surface area contributed by atoms with Gasteiger partial charge in [0.25, 0.3) is 0 Å². The molecule has 3 heterocycles. The predicted octanol–water partition coefficient (Wildman–Crippen LogP) is 2.23. The number of carbonyl (C=O) groups excluding carboxylic acids is 1. The van der Waals surface area contributed by atoms with Crippen molar-refractivity contribution >= 4 is 5.91 Å². The van der Waals surface area contributed by atoms with Crippen LogP contribution in [0.4, 0.5) is 0 Å². The minimum Gasteiger partial charge on any atom is -0.492 e. The second-order valence-corrected chi connectivity index (χ2v) is 6.63. The highest BCUT2D eigenvalue weighted by Gasteiger charge is 2.35. The molecule has 4 rings (SSSR count). The summed E-state index contributed by atoms with van der Waals surface area (Å²) in [5.74, 6) is 2.53. The number of hydrogen-bond donors (Lipinski definition) is 0. The van der Waals surface area contributed by atoms with E-state index in [4.69, 9.17) is 4.74 Å². The lowest BCUT2D eigenvalue weighted by molar-refractivity contribution is -0.134. The van der Waals surface area contributed by atoms with Gasteiger partial charge in [0.15, 0.2) is 0 Å². The van der Waals surface area contributed by atoms with Gasteiger partial charge in [-0.15, -0.1) is 0 Å². The van der Waals surface area contributed by atoms with E-state index in [1.54, 1.807) is 0 Å². The molecule has 2 aromatic rings. The molecule has 126 valence electrons. The molecule has 2 aliphatic rings. The van der Waals surface area contributed by atoms with Crippen molar-refractivity contribution in [1.29, 1.82) is 0 Å². The molecule has 6 heteroatoms. The van der Waals surface area contributed by atoms with Crippen LogP contribution in [0.25, 0.3) is 0 Å². The monoisotopic (exact) mass is 326 g/mol. The van der Waals surface area contributed by atoms with Gasteiger partial charge in [-0.2, -0.15) is 5.10 Å². The Morgan fingerprint density at radius 2 is 2.12 bits per heavy atom. The molecule has 1 aromatic heterocycles. The zero-order valence-corrected chi connectivity index (χ0v) is 14.1. The van der Waals surface area contributed by atoms with Crippen molar-refractivity contribution < 1.29 is 9.53 Å². The summed E-state index contributed by atoms with van der Waals surface area (Å²) in [6.45, 7) is 5.83. The van der Waals surface area contributed by atoms with Crippen LogP contribution in [0.1, 0.15) is 42.0 Å². The van der Waals surface area contributed by atoms with Gasteiger partial charge in [-0.3, -0.25) is 4.79 Å². The molecule has 0 spiro atoms. The van der Waals surface area contributed by atoms with Crippen LogP contribution < -0.4 is 4.74 Å². The lowest BCUT2D eigenvalue weighted by Crippen LogP contribution is -2.43. The Kier molecular flexibility index (Phi) is 3.75. The van der Waals surface area contributed by atoms with Gasteiger partial charge < -0.3 is 9.64 Å². The Morgan fingerprint density at radius 1 is 1.29 bits per heavy atom. The summed E-state index contributed by atoms with van der Waals surface area (Å²) in [5, 5.41) is 4.50. The molecular formula is C18H22N4O2. The Labute approximate surface area is 141 Å². The number of amides is 1. The molecule has 0 unspecified atom stereocenters. The van der Waals surface area contributed by atoms with E-state index in [1.807, 2.05) is 47.7 Å². The summed E-state index contributed by atoms with van der Waals surface area (Å²) in [4.78, 5) is 19.4. The molecule has 0 bridgehead atoms. The number of carbonyl (C=O) groups is 1. The number of fused-ring (bicyclic) bond motifs is 1. The second kappa shape index (κ2) is 5.92. The molecule has 0 radical (unpaired) electrons. The van der Waals surface area contributed by atoms with Gasteiger partial charge >= 0.3 is 0 Å². The quantitative estimate of drug-likeness (QED) is 0.849. The topological polar surface area (TPSA) is 60.2 Å². The number of benzene rings is 1. The van der Waals surface area contributed by atoms with Gasteiger partial charge in [-0.25, -0.2) is 9.67 Å². The first-order chi connectivity index (χ1) is 11.6. The van der Waals surface area contributed by atoms with Gasteiger partial charge in [-0.05, 0) is 32.8 Å². The fourth-order valence-corrected chi connectivity index (χ4v) is 3.82. The molecule has 1 amide bonds. The first-order valence-electron chi connectivity index (χ1n) is 8.54. The Hall–Kier alpha value is -2.37. The smallest absolute Gasteiger partial charge is 0.233 e. The molecule has 6 nitrogen and oxygen atoms in total. The fourth-order valence-electron chi connectivity index (χ4n) is 3.82. The lowest BCUT2D eigenvalue weighted by Gasteiger charge is -2.34. The van der Waals surface area contributed by atoms with Gasteiger partial charge in [0.2, 0.25) is 5.91 Å². The number of piperidine rings is 1. The molecule has 0 saturated carbocycles. The van der Waals surface area contributed by atoms with Crippen molar-refractivity contribution in [3.05, 3.63) is 41.5 Å². The summed E-state index contributed by atoms with van der Waals surface area (Å²) in [5.41, 5.74) is 1.01. The van der Waals surface area contributed by atoms with E-state index < -0.39 is 0 Å². The first kappa shape index (κ1) is 15.2. The number of nitrogens with zero attached hydrogens (tertiary/aromatic N) is 4. The van der Waals surface area contributed by atoms with E-state index in [2.05, 4.69) is 10.1 Å². The van der Waals surface area contributed by atoms with Gasteiger partial charge in [0.1, 0.15) is 29.9 Å². The van der Waals surface area contributed by atoms with Gasteiger partial charge in [0.05, 0.1) is 6.04 Å². The maximum atomic E-state index is 13.0. The van der Waals surface area contributed by atoms with Crippen LogP contribution in [0.5, 0.6) is 5.75 Å². The number of aromatic nitrogens is 3. The van der Waals surface area contributed by atoms with Crippen molar-refractivity contribution in [2.45, 2.75) is 38.6 Å². The van der Waals surface area contributed by atoms with E-state index in [1.165, 1.54) is 0 Å². The van der Waals surface area contributed by atoms with E-state index in [0.29, 0.717) is 13.2 Å².